The van der Waals surface area contributed by atoms with Gasteiger partial charge in [-0.1, -0.05) is 43.2 Å². The summed E-state index contributed by atoms with van der Waals surface area (Å²) in [5, 5.41) is 8.45. The number of nitrogens with one attached hydrogen (secondary N) is 1. The van der Waals surface area contributed by atoms with Crippen LogP contribution in [0.15, 0.2) is 36.4 Å². The molecule has 0 spiro atoms. The molecule has 1 aromatic heterocycles. The molecule has 2 heterocycles. The molecule has 0 radical (unpaired) electrons. The van der Waals surface area contributed by atoms with Gasteiger partial charge in [-0.15, -0.1) is 0 Å². The van der Waals surface area contributed by atoms with Gasteiger partial charge in [0.1, 0.15) is 5.82 Å². The summed E-state index contributed by atoms with van der Waals surface area (Å²) in [4.78, 5) is 0. The topological polar surface area (TPSA) is 29.9 Å². The molecular formula is C17H21N3. The van der Waals surface area contributed by atoms with E-state index in [2.05, 4.69) is 46.4 Å². The predicted molar refractivity (Wildman–Crippen MR) is 81.1 cm³/mol. The lowest BCUT2D eigenvalue weighted by Crippen LogP contribution is -2.24. The molecule has 3 nitrogen and oxygen atoms in total. The van der Waals surface area contributed by atoms with E-state index < -0.39 is 0 Å². The van der Waals surface area contributed by atoms with Gasteiger partial charge in [0, 0.05) is 18.5 Å². The van der Waals surface area contributed by atoms with Gasteiger partial charge in [0.05, 0.1) is 11.7 Å². The third-order valence-corrected chi connectivity index (χ3v) is 4.73. The van der Waals surface area contributed by atoms with Gasteiger partial charge in [0.2, 0.25) is 0 Å². The molecule has 20 heavy (non-hydrogen) atoms. The molecule has 1 aliphatic carbocycles. The minimum absolute atomic E-state index is 0.391. The Balaban J connectivity index is 1.70. The Morgan fingerprint density at radius 3 is 2.65 bits per heavy atom. The van der Waals surface area contributed by atoms with Gasteiger partial charge >= 0.3 is 0 Å². The van der Waals surface area contributed by atoms with Gasteiger partial charge in [0.15, 0.2) is 0 Å². The van der Waals surface area contributed by atoms with E-state index in [1.54, 1.807) is 0 Å². The molecule has 2 aromatic rings. The molecule has 0 bridgehead atoms. The van der Waals surface area contributed by atoms with Crippen LogP contribution in [0.5, 0.6) is 0 Å². The van der Waals surface area contributed by atoms with Crippen molar-refractivity contribution in [3.05, 3.63) is 47.7 Å². The Morgan fingerprint density at radius 1 is 1.05 bits per heavy atom. The summed E-state index contributed by atoms with van der Waals surface area (Å²) in [6, 6.07) is 13.4. The third kappa shape index (κ3) is 2.01. The van der Waals surface area contributed by atoms with Crippen molar-refractivity contribution in [2.24, 2.45) is 0 Å². The first-order valence-electron chi connectivity index (χ1n) is 7.80. The second kappa shape index (κ2) is 4.97. The van der Waals surface area contributed by atoms with Crippen molar-refractivity contribution < 1.29 is 0 Å². The molecule has 1 fully saturated rings. The third-order valence-electron chi connectivity index (χ3n) is 4.73. The standard InChI is InChI=1S/C17H21N3/c1-2-8-14(9-3-1)16-10-11-18-17-12-15(19-20(16)17)13-6-4-5-7-13/h1-3,8-9,12-13,16,18H,4-7,10-11H2. The molecule has 1 N–H and O–H groups in total. The summed E-state index contributed by atoms with van der Waals surface area (Å²) in [6.07, 6.45) is 6.46. The lowest BCUT2D eigenvalue weighted by atomic mass is 10.0. The summed E-state index contributed by atoms with van der Waals surface area (Å²) >= 11 is 0. The van der Waals surface area contributed by atoms with Crippen molar-refractivity contribution in [3.63, 3.8) is 0 Å². The molecule has 1 aromatic carbocycles. The summed E-state index contributed by atoms with van der Waals surface area (Å²) in [6.45, 7) is 1.04. The largest absolute Gasteiger partial charge is 0.370 e. The summed E-state index contributed by atoms with van der Waals surface area (Å²) in [5.74, 6) is 1.89. The van der Waals surface area contributed by atoms with Crippen LogP contribution in [0, 0.1) is 0 Å². The molecule has 2 aliphatic rings. The number of hydrogen-bond donors (Lipinski definition) is 1. The fourth-order valence-electron chi connectivity index (χ4n) is 3.65. The van der Waals surface area contributed by atoms with E-state index in [1.165, 1.54) is 42.8 Å². The van der Waals surface area contributed by atoms with Crippen molar-refractivity contribution in [2.45, 2.75) is 44.1 Å². The highest BCUT2D eigenvalue weighted by Gasteiger charge is 2.26. The highest BCUT2D eigenvalue weighted by Crippen LogP contribution is 2.37. The predicted octanol–water partition coefficient (Wildman–Crippen LogP) is 3.95. The minimum Gasteiger partial charge on any atom is -0.370 e. The van der Waals surface area contributed by atoms with Crippen LogP contribution in [0.25, 0.3) is 0 Å². The first-order valence-corrected chi connectivity index (χ1v) is 7.80. The molecule has 3 heteroatoms. The number of rotatable bonds is 2. The smallest absolute Gasteiger partial charge is 0.125 e. The monoisotopic (exact) mass is 267 g/mol. The van der Waals surface area contributed by atoms with Gasteiger partial charge < -0.3 is 5.32 Å². The highest BCUT2D eigenvalue weighted by atomic mass is 15.4. The SMILES string of the molecule is c1ccc(C2CCNc3cc(C4CCCC4)nn32)cc1. The lowest BCUT2D eigenvalue weighted by Gasteiger charge is -2.26. The molecule has 1 aliphatic heterocycles. The van der Waals surface area contributed by atoms with Gasteiger partial charge in [-0.3, -0.25) is 0 Å². The fourth-order valence-corrected chi connectivity index (χ4v) is 3.65. The van der Waals surface area contributed by atoms with Crippen LogP contribution in [-0.2, 0) is 0 Å². The summed E-state index contributed by atoms with van der Waals surface area (Å²) < 4.78 is 2.21. The minimum atomic E-state index is 0.391. The van der Waals surface area contributed by atoms with Crippen LogP contribution in [0.4, 0.5) is 5.82 Å². The molecule has 1 unspecified atom stereocenters. The first-order chi connectivity index (χ1) is 9.92. The van der Waals surface area contributed by atoms with Gasteiger partial charge in [0.25, 0.3) is 0 Å². The Labute approximate surface area is 120 Å². The Hall–Kier alpha value is -1.77. The molecule has 0 amide bonds. The van der Waals surface area contributed by atoms with Crippen LogP contribution in [0.3, 0.4) is 0 Å². The second-order valence-corrected chi connectivity index (χ2v) is 6.02. The highest BCUT2D eigenvalue weighted by molar-refractivity contribution is 5.42. The van der Waals surface area contributed by atoms with Crippen molar-refractivity contribution in [3.8, 4) is 0 Å². The van der Waals surface area contributed by atoms with Crippen LogP contribution in [0.2, 0.25) is 0 Å². The van der Waals surface area contributed by atoms with Crippen LogP contribution in [0.1, 0.15) is 55.3 Å². The average Bonchev–Trinajstić information content (AvgIpc) is 3.16. The maximum atomic E-state index is 4.94. The zero-order valence-corrected chi connectivity index (χ0v) is 11.8. The maximum absolute atomic E-state index is 4.94. The number of nitrogens with zero attached hydrogens (tertiary/aromatic N) is 2. The van der Waals surface area contributed by atoms with E-state index in [0.717, 1.165) is 13.0 Å². The van der Waals surface area contributed by atoms with Crippen LogP contribution >= 0.6 is 0 Å². The zero-order valence-electron chi connectivity index (χ0n) is 11.8. The fraction of sp³-hybridized carbons (Fsp3) is 0.471. The number of hydrogen-bond acceptors (Lipinski definition) is 2. The second-order valence-electron chi connectivity index (χ2n) is 6.02. The van der Waals surface area contributed by atoms with Crippen molar-refractivity contribution in [2.75, 3.05) is 11.9 Å². The Morgan fingerprint density at radius 2 is 1.85 bits per heavy atom. The molecule has 0 saturated heterocycles. The van der Waals surface area contributed by atoms with Crippen molar-refractivity contribution in [1.29, 1.82) is 0 Å². The van der Waals surface area contributed by atoms with Crippen LogP contribution < -0.4 is 5.32 Å². The molecular weight excluding hydrogens is 246 g/mol. The van der Waals surface area contributed by atoms with Crippen LogP contribution in [-0.4, -0.2) is 16.3 Å². The van der Waals surface area contributed by atoms with E-state index in [0.29, 0.717) is 12.0 Å². The Bertz CT molecular complexity index is 582. The van der Waals surface area contributed by atoms with E-state index in [4.69, 9.17) is 5.10 Å². The van der Waals surface area contributed by atoms with Gasteiger partial charge in [-0.05, 0) is 24.8 Å². The van der Waals surface area contributed by atoms with E-state index in [-0.39, 0.29) is 0 Å². The lowest BCUT2D eigenvalue weighted by molar-refractivity contribution is 0.473. The molecule has 4 rings (SSSR count). The number of benzene rings is 1. The summed E-state index contributed by atoms with van der Waals surface area (Å²) in [7, 11) is 0. The maximum Gasteiger partial charge on any atom is 0.125 e. The van der Waals surface area contributed by atoms with Crippen molar-refractivity contribution >= 4 is 5.82 Å². The Kier molecular flexibility index (Phi) is 2.98. The van der Waals surface area contributed by atoms with Gasteiger partial charge in [-0.25, -0.2) is 4.68 Å². The molecule has 104 valence electrons. The molecule has 1 atom stereocenters. The quantitative estimate of drug-likeness (QED) is 0.893. The zero-order chi connectivity index (χ0) is 13.4. The molecule has 1 saturated carbocycles. The van der Waals surface area contributed by atoms with E-state index in [9.17, 15) is 0 Å². The number of fused-ring (bicyclic) bond motifs is 1. The normalized spacial score (nSPS) is 22.5. The van der Waals surface area contributed by atoms with Crippen molar-refractivity contribution in [1.82, 2.24) is 9.78 Å². The van der Waals surface area contributed by atoms with Gasteiger partial charge in [-0.2, -0.15) is 5.10 Å². The first kappa shape index (κ1) is 12.0. The number of anilines is 1. The van der Waals surface area contributed by atoms with E-state index >= 15 is 0 Å². The average molecular weight is 267 g/mol. The van der Waals surface area contributed by atoms with E-state index in [1.807, 2.05) is 0 Å². The summed E-state index contributed by atoms with van der Waals surface area (Å²) in [5.41, 5.74) is 2.67. The number of aromatic nitrogens is 2.